The summed E-state index contributed by atoms with van der Waals surface area (Å²) in [4.78, 5) is 31.8. The van der Waals surface area contributed by atoms with Crippen molar-refractivity contribution >= 4 is 22.4 Å². The highest BCUT2D eigenvalue weighted by Gasteiger charge is 2.24. The van der Waals surface area contributed by atoms with Crippen LogP contribution < -0.4 is 10.5 Å². The lowest BCUT2D eigenvalue weighted by atomic mass is 10.2. The second-order valence-electron chi connectivity index (χ2n) is 7.83. The Bertz CT molecular complexity index is 1510. The van der Waals surface area contributed by atoms with Crippen LogP contribution in [0.4, 0.5) is 9.52 Å². The molecular formula is C27H20FN3O3S. The van der Waals surface area contributed by atoms with Gasteiger partial charge in [-0.25, -0.2) is 9.37 Å². The van der Waals surface area contributed by atoms with Crippen LogP contribution in [0, 0.1) is 5.82 Å². The van der Waals surface area contributed by atoms with E-state index in [1.807, 2.05) is 35.7 Å². The number of carbonyl (C=O) groups is 1. The lowest BCUT2D eigenvalue weighted by Gasteiger charge is -2.19. The number of rotatable bonds is 7. The van der Waals surface area contributed by atoms with Crippen LogP contribution in [0.3, 0.4) is 0 Å². The van der Waals surface area contributed by atoms with Crippen LogP contribution in [-0.2, 0) is 13.1 Å². The Morgan fingerprint density at radius 3 is 2.51 bits per heavy atom. The predicted molar refractivity (Wildman–Crippen MR) is 133 cm³/mol. The van der Waals surface area contributed by atoms with Crippen LogP contribution in [0.1, 0.15) is 21.9 Å². The molecule has 0 saturated heterocycles. The van der Waals surface area contributed by atoms with Crippen molar-refractivity contribution in [3.63, 3.8) is 0 Å². The summed E-state index contributed by atoms with van der Waals surface area (Å²) in [5.74, 6) is -0.0251. The van der Waals surface area contributed by atoms with Gasteiger partial charge in [0.05, 0.1) is 18.8 Å². The number of nitrogens with zero attached hydrogens (tertiary/aromatic N) is 3. The first-order valence-electron chi connectivity index (χ1n) is 10.9. The highest BCUT2D eigenvalue weighted by Crippen LogP contribution is 2.30. The van der Waals surface area contributed by atoms with Crippen molar-refractivity contribution < 1.29 is 13.6 Å². The molecule has 0 radical (unpaired) electrons. The lowest BCUT2D eigenvalue weighted by molar-refractivity contribution is 0.0956. The van der Waals surface area contributed by atoms with Gasteiger partial charge in [-0.05, 0) is 48.0 Å². The molecule has 0 bridgehead atoms. The average Bonchev–Trinajstić information content (AvgIpc) is 3.55. The molecule has 0 fully saturated rings. The van der Waals surface area contributed by atoms with Crippen LogP contribution in [0.2, 0.25) is 0 Å². The summed E-state index contributed by atoms with van der Waals surface area (Å²) >= 11 is 1.32. The van der Waals surface area contributed by atoms with Crippen LogP contribution in [0.25, 0.3) is 11.3 Å². The van der Waals surface area contributed by atoms with Gasteiger partial charge in [0.2, 0.25) is 0 Å². The van der Waals surface area contributed by atoms with E-state index in [9.17, 15) is 14.0 Å². The molecule has 0 N–H and O–H groups in total. The quantitative estimate of drug-likeness (QED) is 0.301. The van der Waals surface area contributed by atoms with Gasteiger partial charge >= 0.3 is 0 Å². The molecule has 0 unspecified atom stereocenters. The Kier molecular flexibility index (Phi) is 6.36. The largest absolute Gasteiger partial charge is 0.454 e. The van der Waals surface area contributed by atoms with Crippen molar-refractivity contribution in [3.8, 4) is 11.3 Å². The van der Waals surface area contributed by atoms with Gasteiger partial charge in [0.25, 0.3) is 11.5 Å². The number of amides is 1. The predicted octanol–water partition coefficient (Wildman–Crippen LogP) is 5.60. The molecule has 5 aromatic rings. The summed E-state index contributed by atoms with van der Waals surface area (Å²) in [5.41, 5.74) is 2.19. The Morgan fingerprint density at radius 1 is 0.971 bits per heavy atom. The first-order valence-corrected chi connectivity index (χ1v) is 11.8. The molecule has 3 heterocycles. The number of anilines is 1. The third-order valence-corrected chi connectivity index (χ3v) is 6.25. The van der Waals surface area contributed by atoms with E-state index < -0.39 is 0 Å². The number of carbonyl (C=O) groups excluding carboxylic acids is 1. The monoisotopic (exact) mass is 485 g/mol. The van der Waals surface area contributed by atoms with E-state index in [0.717, 1.165) is 11.1 Å². The number of halogens is 1. The van der Waals surface area contributed by atoms with E-state index in [0.29, 0.717) is 23.1 Å². The zero-order valence-corrected chi connectivity index (χ0v) is 19.3. The van der Waals surface area contributed by atoms with E-state index in [1.165, 1.54) is 34.1 Å². The molecule has 1 amide bonds. The van der Waals surface area contributed by atoms with E-state index in [1.54, 1.807) is 47.5 Å². The minimum atomic E-state index is -0.347. The molecule has 35 heavy (non-hydrogen) atoms. The molecule has 8 heteroatoms. The van der Waals surface area contributed by atoms with Crippen molar-refractivity contribution in [2.75, 3.05) is 4.90 Å². The number of hydrogen-bond donors (Lipinski definition) is 0. The molecule has 2 aromatic carbocycles. The van der Waals surface area contributed by atoms with Gasteiger partial charge < -0.3 is 8.98 Å². The highest BCUT2D eigenvalue weighted by atomic mass is 32.1. The van der Waals surface area contributed by atoms with E-state index >= 15 is 0 Å². The first kappa shape index (κ1) is 22.5. The number of pyridine rings is 1. The van der Waals surface area contributed by atoms with Gasteiger partial charge in [0.1, 0.15) is 11.6 Å². The smallest absolute Gasteiger partial charge is 0.296 e. The van der Waals surface area contributed by atoms with E-state index in [2.05, 4.69) is 4.98 Å². The molecule has 5 rings (SSSR count). The molecule has 0 aliphatic rings. The third kappa shape index (κ3) is 5.12. The fourth-order valence-corrected chi connectivity index (χ4v) is 4.44. The Morgan fingerprint density at radius 2 is 1.74 bits per heavy atom. The summed E-state index contributed by atoms with van der Waals surface area (Å²) in [5, 5.41) is 2.33. The SMILES string of the molecule is O=C(c1ccc(Cn2ccccc2=O)o1)N(Cc1ccccc1)c1nc(-c2ccc(F)cc2)cs1. The van der Waals surface area contributed by atoms with Crippen LogP contribution in [-0.4, -0.2) is 15.5 Å². The van der Waals surface area contributed by atoms with Crippen molar-refractivity contribution in [2.45, 2.75) is 13.1 Å². The van der Waals surface area contributed by atoms with Crippen molar-refractivity contribution in [1.29, 1.82) is 0 Å². The minimum absolute atomic E-state index is 0.151. The molecule has 0 saturated carbocycles. The third-order valence-electron chi connectivity index (χ3n) is 5.39. The maximum atomic E-state index is 13.6. The van der Waals surface area contributed by atoms with Crippen LogP contribution in [0.15, 0.2) is 106 Å². The Hall–Kier alpha value is -4.30. The Labute approximate surface area is 204 Å². The average molecular weight is 486 g/mol. The zero-order valence-electron chi connectivity index (χ0n) is 18.5. The summed E-state index contributed by atoms with van der Waals surface area (Å²) < 4.78 is 20.7. The number of aromatic nitrogens is 2. The summed E-state index contributed by atoms with van der Waals surface area (Å²) in [6.07, 6.45) is 1.67. The minimum Gasteiger partial charge on any atom is -0.454 e. The van der Waals surface area contributed by atoms with Gasteiger partial charge in [0, 0.05) is 23.2 Å². The lowest BCUT2D eigenvalue weighted by Crippen LogP contribution is -2.30. The molecule has 0 spiro atoms. The van der Waals surface area contributed by atoms with Crippen LogP contribution >= 0.6 is 11.3 Å². The van der Waals surface area contributed by atoms with Crippen molar-refractivity contribution in [3.05, 3.63) is 130 Å². The zero-order chi connectivity index (χ0) is 24.2. The standard InChI is InChI=1S/C27H20FN3O3S/c28-21-11-9-20(10-12-21)23-18-35-27(29-23)31(16-19-6-2-1-3-7-19)26(33)24-14-13-22(34-24)17-30-15-5-4-8-25(30)32/h1-15,18H,16-17H2. The van der Waals surface area contributed by atoms with Crippen molar-refractivity contribution in [2.24, 2.45) is 0 Å². The second kappa shape index (κ2) is 9.90. The molecular weight excluding hydrogens is 465 g/mol. The number of thiazole rings is 1. The molecule has 0 atom stereocenters. The van der Waals surface area contributed by atoms with Gasteiger partial charge in [-0.1, -0.05) is 36.4 Å². The first-order chi connectivity index (χ1) is 17.1. The van der Waals surface area contributed by atoms with Gasteiger partial charge in [-0.3, -0.25) is 14.5 Å². The summed E-state index contributed by atoms with van der Waals surface area (Å²) in [6, 6.07) is 23.9. The summed E-state index contributed by atoms with van der Waals surface area (Å²) in [7, 11) is 0. The molecule has 3 aromatic heterocycles. The molecule has 6 nitrogen and oxygen atoms in total. The van der Waals surface area contributed by atoms with Gasteiger partial charge in [0.15, 0.2) is 10.9 Å². The normalized spacial score (nSPS) is 10.9. The molecule has 174 valence electrons. The summed E-state index contributed by atoms with van der Waals surface area (Å²) in [6.45, 7) is 0.516. The number of benzene rings is 2. The molecule has 0 aliphatic carbocycles. The molecule has 0 aliphatic heterocycles. The van der Waals surface area contributed by atoms with Crippen LogP contribution in [0.5, 0.6) is 0 Å². The fraction of sp³-hybridized carbons (Fsp3) is 0.0741. The number of furan rings is 1. The van der Waals surface area contributed by atoms with Crippen molar-refractivity contribution in [1.82, 2.24) is 9.55 Å². The highest BCUT2D eigenvalue weighted by molar-refractivity contribution is 7.14. The van der Waals surface area contributed by atoms with Gasteiger partial charge in [-0.15, -0.1) is 11.3 Å². The fourth-order valence-electron chi connectivity index (χ4n) is 3.60. The number of hydrogen-bond acceptors (Lipinski definition) is 5. The second-order valence-corrected chi connectivity index (χ2v) is 8.67. The topological polar surface area (TPSA) is 68.3 Å². The Balaban J connectivity index is 1.44. The van der Waals surface area contributed by atoms with Gasteiger partial charge in [-0.2, -0.15) is 0 Å². The van der Waals surface area contributed by atoms with E-state index in [-0.39, 0.29) is 29.6 Å². The van der Waals surface area contributed by atoms with E-state index in [4.69, 9.17) is 4.42 Å². The maximum Gasteiger partial charge on any atom is 0.296 e. The maximum absolute atomic E-state index is 13.6.